The second-order valence-corrected chi connectivity index (χ2v) is 4.83. The van der Waals surface area contributed by atoms with Gasteiger partial charge in [0.1, 0.15) is 11.6 Å². The molecule has 1 rings (SSSR count). The summed E-state index contributed by atoms with van der Waals surface area (Å²) in [5, 5.41) is 10.5. The number of hydrogen-bond acceptors (Lipinski definition) is 4. The number of piperazine rings is 1. The minimum absolute atomic E-state index is 0. The lowest BCUT2D eigenvalue weighted by Gasteiger charge is -2.36. The topological polar surface area (TPSA) is 91.4 Å². The molecule has 0 spiro atoms. The number of rotatable bonds is 1. The molecule has 100 valence electrons. The maximum absolute atomic E-state index is 11.9. The molecule has 1 atom stereocenters. The molecule has 6 nitrogen and oxygen atoms in total. The van der Waals surface area contributed by atoms with Crippen LogP contribution in [0.2, 0.25) is 0 Å². The molecule has 0 aromatic rings. The van der Waals surface area contributed by atoms with Gasteiger partial charge in [0, 0.05) is 19.6 Å². The van der Waals surface area contributed by atoms with Crippen LogP contribution in [-0.4, -0.2) is 48.1 Å². The Kier molecular flexibility index (Phi) is 5.71. The molecule has 0 amide bonds. The van der Waals surface area contributed by atoms with Gasteiger partial charge >= 0.3 is 5.97 Å². The second-order valence-electron chi connectivity index (χ2n) is 4.83. The fourth-order valence-corrected chi connectivity index (χ4v) is 1.57. The van der Waals surface area contributed by atoms with E-state index in [1.165, 1.54) is 0 Å². The first kappa shape index (κ1) is 16.0. The van der Waals surface area contributed by atoms with Crippen molar-refractivity contribution in [2.24, 2.45) is 5.73 Å². The van der Waals surface area contributed by atoms with Gasteiger partial charge in [-0.05, 0) is 20.8 Å². The van der Waals surface area contributed by atoms with Crippen molar-refractivity contribution in [3.8, 4) is 0 Å². The number of halogens is 1. The minimum Gasteiger partial charge on any atom is -0.458 e. The molecule has 1 aliphatic heterocycles. The number of nitrogens with zero attached hydrogens (tertiary/aromatic N) is 1. The number of esters is 1. The van der Waals surface area contributed by atoms with Crippen molar-refractivity contribution >= 4 is 24.3 Å². The monoisotopic (exact) mass is 264 g/mol. The van der Waals surface area contributed by atoms with E-state index in [1.54, 1.807) is 4.90 Å². The summed E-state index contributed by atoms with van der Waals surface area (Å²) in [6.07, 6.45) is 0. The molecule has 1 saturated heterocycles. The van der Waals surface area contributed by atoms with Gasteiger partial charge in [-0.3, -0.25) is 5.41 Å². The Balaban J connectivity index is 0.00000256. The molecule has 0 saturated carbocycles. The average molecular weight is 265 g/mol. The molecule has 0 aliphatic carbocycles. The third-order valence-electron chi connectivity index (χ3n) is 2.23. The first-order valence-electron chi connectivity index (χ1n) is 5.35. The van der Waals surface area contributed by atoms with E-state index in [-0.39, 0.29) is 24.3 Å². The van der Waals surface area contributed by atoms with Gasteiger partial charge in [-0.25, -0.2) is 4.79 Å². The predicted octanol–water partition coefficient (Wildman–Crippen LogP) is -0.0828. The summed E-state index contributed by atoms with van der Waals surface area (Å²) in [4.78, 5) is 13.4. The second kappa shape index (κ2) is 6.07. The Hall–Kier alpha value is -1.01. The van der Waals surface area contributed by atoms with Crippen LogP contribution in [0.1, 0.15) is 20.8 Å². The molecule has 1 unspecified atom stereocenters. The van der Waals surface area contributed by atoms with Gasteiger partial charge in [0.25, 0.3) is 0 Å². The van der Waals surface area contributed by atoms with E-state index in [0.29, 0.717) is 13.1 Å². The molecule has 1 aliphatic rings. The zero-order valence-corrected chi connectivity index (χ0v) is 11.3. The molecule has 0 aromatic carbocycles. The van der Waals surface area contributed by atoms with Gasteiger partial charge in [-0.15, -0.1) is 12.4 Å². The van der Waals surface area contributed by atoms with Crippen molar-refractivity contribution < 1.29 is 9.53 Å². The molecule has 4 N–H and O–H groups in total. The first-order chi connectivity index (χ1) is 7.31. The van der Waals surface area contributed by atoms with Gasteiger partial charge in [0.2, 0.25) is 0 Å². The summed E-state index contributed by atoms with van der Waals surface area (Å²) >= 11 is 0. The number of carbonyl (C=O) groups is 1. The average Bonchev–Trinajstić information content (AvgIpc) is 2.15. The summed E-state index contributed by atoms with van der Waals surface area (Å²) in [7, 11) is 0. The van der Waals surface area contributed by atoms with Crippen LogP contribution in [0, 0.1) is 5.41 Å². The van der Waals surface area contributed by atoms with Crippen LogP contribution in [0.5, 0.6) is 0 Å². The van der Waals surface area contributed by atoms with Crippen LogP contribution >= 0.6 is 12.4 Å². The minimum atomic E-state index is -0.517. The van der Waals surface area contributed by atoms with Crippen LogP contribution in [0.25, 0.3) is 0 Å². The summed E-state index contributed by atoms with van der Waals surface area (Å²) in [5.74, 6) is -0.424. The van der Waals surface area contributed by atoms with Crippen LogP contribution in [0.3, 0.4) is 0 Å². The van der Waals surface area contributed by atoms with Crippen molar-refractivity contribution in [1.82, 2.24) is 10.2 Å². The Bertz CT molecular complexity index is 291. The number of carbonyl (C=O) groups excluding carboxylic acids is 1. The quantitative estimate of drug-likeness (QED) is 0.350. The largest absolute Gasteiger partial charge is 0.458 e. The summed E-state index contributed by atoms with van der Waals surface area (Å²) in [5.41, 5.74) is 4.92. The summed E-state index contributed by atoms with van der Waals surface area (Å²) in [6, 6.07) is -0.495. The van der Waals surface area contributed by atoms with E-state index < -0.39 is 11.6 Å². The number of ether oxygens (including phenoxy) is 1. The number of nitrogens with one attached hydrogen (secondary N) is 2. The Morgan fingerprint density at radius 2 is 2.12 bits per heavy atom. The molecule has 0 aromatic heterocycles. The van der Waals surface area contributed by atoms with E-state index in [4.69, 9.17) is 15.9 Å². The molecule has 0 bridgehead atoms. The fraction of sp³-hybridized carbons (Fsp3) is 0.800. The molecular formula is C10H21ClN4O2. The predicted molar refractivity (Wildman–Crippen MR) is 68.4 cm³/mol. The van der Waals surface area contributed by atoms with E-state index in [9.17, 15) is 4.79 Å². The highest BCUT2D eigenvalue weighted by Gasteiger charge is 2.32. The molecule has 7 heteroatoms. The lowest BCUT2D eigenvalue weighted by atomic mass is 10.1. The van der Waals surface area contributed by atoms with Crippen LogP contribution in [0.15, 0.2) is 0 Å². The van der Waals surface area contributed by atoms with Gasteiger partial charge in [-0.1, -0.05) is 0 Å². The molecule has 17 heavy (non-hydrogen) atoms. The molecule has 0 radical (unpaired) electrons. The Labute approximate surface area is 108 Å². The number of nitrogens with two attached hydrogens (primary N) is 1. The lowest BCUT2D eigenvalue weighted by Crippen LogP contribution is -2.59. The molecule has 1 fully saturated rings. The third-order valence-corrected chi connectivity index (χ3v) is 2.23. The van der Waals surface area contributed by atoms with Crippen molar-refractivity contribution in [3.63, 3.8) is 0 Å². The summed E-state index contributed by atoms with van der Waals surface area (Å²) in [6.45, 7) is 7.20. The highest BCUT2D eigenvalue weighted by molar-refractivity contribution is 5.85. The van der Waals surface area contributed by atoms with Crippen molar-refractivity contribution in [1.29, 1.82) is 5.41 Å². The zero-order valence-electron chi connectivity index (χ0n) is 10.4. The fourth-order valence-electron chi connectivity index (χ4n) is 1.57. The maximum Gasteiger partial charge on any atom is 0.330 e. The highest BCUT2D eigenvalue weighted by Crippen LogP contribution is 2.12. The van der Waals surface area contributed by atoms with E-state index in [2.05, 4.69) is 5.32 Å². The molecular weight excluding hydrogens is 244 g/mol. The van der Waals surface area contributed by atoms with Crippen LogP contribution < -0.4 is 11.1 Å². The maximum atomic E-state index is 11.9. The summed E-state index contributed by atoms with van der Waals surface area (Å²) < 4.78 is 5.28. The van der Waals surface area contributed by atoms with Crippen molar-refractivity contribution in [3.05, 3.63) is 0 Å². The van der Waals surface area contributed by atoms with E-state index >= 15 is 0 Å². The van der Waals surface area contributed by atoms with Crippen molar-refractivity contribution in [2.75, 3.05) is 19.6 Å². The van der Waals surface area contributed by atoms with E-state index in [1.807, 2.05) is 20.8 Å². The Morgan fingerprint density at radius 3 is 2.59 bits per heavy atom. The number of guanidine groups is 1. The van der Waals surface area contributed by atoms with Crippen LogP contribution in [-0.2, 0) is 9.53 Å². The van der Waals surface area contributed by atoms with Gasteiger partial charge in [-0.2, -0.15) is 0 Å². The third kappa shape index (κ3) is 4.79. The van der Waals surface area contributed by atoms with Gasteiger partial charge < -0.3 is 20.7 Å². The van der Waals surface area contributed by atoms with E-state index in [0.717, 1.165) is 6.54 Å². The normalized spacial score (nSPS) is 20.4. The smallest absolute Gasteiger partial charge is 0.330 e. The molecule has 1 heterocycles. The number of hydrogen-bond donors (Lipinski definition) is 3. The SMILES string of the molecule is CC(C)(C)OC(=O)C1CNCCN1C(=N)N.Cl. The first-order valence-corrected chi connectivity index (χ1v) is 5.35. The lowest BCUT2D eigenvalue weighted by molar-refractivity contribution is -0.160. The van der Waals surface area contributed by atoms with Crippen LogP contribution in [0.4, 0.5) is 0 Å². The van der Waals surface area contributed by atoms with Gasteiger partial charge in [0.15, 0.2) is 5.96 Å². The van der Waals surface area contributed by atoms with Gasteiger partial charge in [0.05, 0.1) is 0 Å². The standard InChI is InChI=1S/C10H20N4O2.ClH/c1-10(2,3)16-8(15)7-6-13-4-5-14(7)9(11)12;/h7,13H,4-6H2,1-3H3,(H3,11,12);1H. The van der Waals surface area contributed by atoms with Crippen molar-refractivity contribution in [2.45, 2.75) is 32.4 Å². The highest BCUT2D eigenvalue weighted by atomic mass is 35.5. The zero-order chi connectivity index (χ0) is 12.3. The Morgan fingerprint density at radius 1 is 1.53 bits per heavy atom.